The van der Waals surface area contributed by atoms with Gasteiger partial charge in [-0.25, -0.2) is 9.59 Å². The Balaban J connectivity index is 2.10. The van der Waals surface area contributed by atoms with Crippen LogP contribution in [0.25, 0.3) is 0 Å². The molecule has 0 bridgehead atoms. The van der Waals surface area contributed by atoms with Gasteiger partial charge in [-0.2, -0.15) is 0 Å². The van der Waals surface area contributed by atoms with Gasteiger partial charge in [0.2, 0.25) is 0 Å². The molecule has 0 aliphatic heterocycles. The lowest BCUT2D eigenvalue weighted by molar-refractivity contribution is -0.143. The maximum atomic E-state index is 11.9. The first-order valence-electron chi connectivity index (χ1n) is 6.47. The third-order valence-corrected chi connectivity index (χ3v) is 2.82. The zero-order valence-electron chi connectivity index (χ0n) is 11.7. The van der Waals surface area contributed by atoms with Crippen molar-refractivity contribution in [2.45, 2.75) is 13.3 Å². The Labute approximate surface area is 122 Å². The van der Waals surface area contributed by atoms with Gasteiger partial charge in [-0.1, -0.05) is 42.5 Å². The molecule has 0 aliphatic carbocycles. The fourth-order valence-electron chi connectivity index (χ4n) is 1.88. The summed E-state index contributed by atoms with van der Waals surface area (Å²) in [5, 5.41) is 0.804. The van der Waals surface area contributed by atoms with E-state index in [2.05, 4.69) is 0 Å². The van der Waals surface area contributed by atoms with E-state index in [0.717, 1.165) is 16.2 Å². The fraction of sp³-hybridized carbons (Fsp3) is 0.125. The molecule has 0 aromatic heterocycles. The van der Waals surface area contributed by atoms with Crippen LogP contribution in [0.15, 0.2) is 54.6 Å². The largest absolute Gasteiger partial charge is 0.352 e. The molecule has 0 heterocycles. The first-order chi connectivity index (χ1) is 10.1. The third-order valence-electron chi connectivity index (χ3n) is 2.82. The Kier molecular flexibility index (Phi) is 4.56. The highest BCUT2D eigenvalue weighted by Crippen LogP contribution is 2.16. The molecule has 0 unspecified atom stereocenters. The smallest absolute Gasteiger partial charge is 0.349 e. The van der Waals surface area contributed by atoms with Crippen molar-refractivity contribution in [3.05, 3.63) is 65.7 Å². The van der Waals surface area contributed by atoms with Crippen molar-refractivity contribution in [1.82, 2.24) is 0 Å². The summed E-state index contributed by atoms with van der Waals surface area (Å²) in [5.74, 6) is -0.554. The molecule has 21 heavy (non-hydrogen) atoms. The third kappa shape index (κ3) is 4.07. The van der Waals surface area contributed by atoms with Crippen molar-refractivity contribution in [1.29, 1.82) is 0 Å². The van der Waals surface area contributed by atoms with E-state index >= 15 is 0 Å². The second-order valence-corrected chi connectivity index (χ2v) is 4.60. The maximum Gasteiger partial charge on any atom is 0.352 e. The SMILES string of the molecule is Cc1cccc(N(OC(=O)Cc2ccccc2)C(N)=O)c1. The number of benzene rings is 2. The van der Waals surface area contributed by atoms with Gasteiger partial charge in [0, 0.05) is 0 Å². The minimum atomic E-state index is -0.845. The number of rotatable bonds is 3. The minimum Gasteiger partial charge on any atom is -0.349 e. The van der Waals surface area contributed by atoms with Gasteiger partial charge in [0.1, 0.15) is 0 Å². The van der Waals surface area contributed by atoms with Gasteiger partial charge in [0.15, 0.2) is 0 Å². The van der Waals surface area contributed by atoms with Crippen molar-refractivity contribution < 1.29 is 14.4 Å². The van der Waals surface area contributed by atoms with Crippen LogP contribution in [0.5, 0.6) is 0 Å². The van der Waals surface area contributed by atoms with E-state index in [1.807, 2.05) is 43.3 Å². The average Bonchev–Trinajstić information content (AvgIpc) is 2.45. The maximum absolute atomic E-state index is 11.9. The van der Waals surface area contributed by atoms with Crippen molar-refractivity contribution >= 4 is 17.7 Å². The first kappa shape index (κ1) is 14.6. The van der Waals surface area contributed by atoms with Gasteiger partial charge < -0.3 is 10.6 Å². The normalized spacial score (nSPS) is 9.95. The lowest BCUT2D eigenvalue weighted by Crippen LogP contribution is -2.38. The number of hydrogen-bond acceptors (Lipinski definition) is 3. The summed E-state index contributed by atoms with van der Waals surface area (Å²) < 4.78 is 0. The van der Waals surface area contributed by atoms with Crippen molar-refractivity contribution in [3.63, 3.8) is 0 Å². The number of urea groups is 1. The number of aryl methyl sites for hydroxylation is 1. The van der Waals surface area contributed by atoms with E-state index in [-0.39, 0.29) is 6.42 Å². The van der Waals surface area contributed by atoms with E-state index < -0.39 is 12.0 Å². The summed E-state index contributed by atoms with van der Waals surface area (Å²) in [6.07, 6.45) is 0.0659. The van der Waals surface area contributed by atoms with Crippen LogP contribution in [-0.4, -0.2) is 12.0 Å². The Hall–Kier alpha value is -2.82. The number of nitrogens with zero attached hydrogens (tertiary/aromatic N) is 1. The van der Waals surface area contributed by atoms with Crippen LogP contribution in [0.3, 0.4) is 0 Å². The number of carbonyl (C=O) groups is 2. The molecule has 0 spiro atoms. The van der Waals surface area contributed by atoms with Gasteiger partial charge in [-0.05, 0) is 30.2 Å². The average molecular weight is 284 g/mol. The topological polar surface area (TPSA) is 72.6 Å². The summed E-state index contributed by atoms with van der Waals surface area (Å²) in [4.78, 5) is 28.5. The molecule has 0 atom stereocenters. The van der Waals surface area contributed by atoms with Crippen LogP contribution in [0, 0.1) is 6.92 Å². The Morgan fingerprint density at radius 3 is 2.43 bits per heavy atom. The molecule has 0 fully saturated rings. The number of amides is 2. The Bertz CT molecular complexity index is 641. The summed E-state index contributed by atoms with van der Waals surface area (Å²) in [7, 11) is 0. The molecular formula is C16H16N2O3. The van der Waals surface area contributed by atoms with E-state index in [4.69, 9.17) is 10.6 Å². The lowest BCUT2D eigenvalue weighted by atomic mass is 10.2. The molecule has 0 saturated heterocycles. The molecule has 108 valence electrons. The predicted octanol–water partition coefficient (Wildman–Crippen LogP) is 2.58. The molecule has 2 N–H and O–H groups in total. The summed E-state index contributed by atoms with van der Waals surface area (Å²) in [6.45, 7) is 1.87. The highest BCUT2D eigenvalue weighted by molar-refractivity contribution is 5.91. The number of carbonyl (C=O) groups excluding carboxylic acids is 2. The van der Waals surface area contributed by atoms with E-state index in [1.54, 1.807) is 18.2 Å². The minimum absolute atomic E-state index is 0.0659. The van der Waals surface area contributed by atoms with Crippen LogP contribution in [-0.2, 0) is 16.1 Å². The molecule has 5 heteroatoms. The van der Waals surface area contributed by atoms with Crippen LogP contribution in [0.1, 0.15) is 11.1 Å². The monoisotopic (exact) mass is 284 g/mol. The molecule has 2 aromatic rings. The molecule has 5 nitrogen and oxygen atoms in total. The van der Waals surface area contributed by atoms with Crippen molar-refractivity contribution in [2.24, 2.45) is 5.73 Å². The molecule has 0 saturated carbocycles. The quantitative estimate of drug-likeness (QED) is 0.880. The predicted molar refractivity (Wildman–Crippen MR) is 79.5 cm³/mol. The van der Waals surface area contributed by atoms with Gasteiger partial charge in [0.05, 0.1) is 12.1 Å². The number of nitrogens with two attached hydrogens (primary N) is 1. The van der Waals surface area contributed by atoms with Gasteiger partial charge in [0.25, 0.3) is 0 Å². The molecule has 2 rings (SSSR count). The second kappa shape index (κ2) is 6.56. The second-order valence-electron chi connectivity index (χ2n) is 4.60. The summed E-state index contributed by atoms with van der Waals surface area (Å²) in [6, 6.07) is 15.3. The van der Waals surface area contributed by atoms with E-state index in [0.29, 0.717) is 5.69 Å². The van der Waals surface area contributed by atoms with Crippen molar-refractivity contribution in [3.8, 4) is 0 Å². The van der Waals surface area contributed by atoms with E-state index in [9.17, 15) is 9.59 Å². The number of hydrogen-bond donors (Lipinski definition) is 1. The molecule has 0 radical (unpaired) electrons. The van der Waals surface area contributed by atoms with Crippen LogP contribution < -0.4 is 10.8 Å². The standard InChI is InChI=1S/C16H16N2O3/c1-12-6-5-9-14(10-12)18(16(17)20)21-15(19)11-13-7-3-2-4-8-13/h2-10H,11H2,1H3,(H2,17,20). The lowest BCUT2D eigenvalue weighted by Gasteiger charge is -2.19. The van der Waals surface area contributed by atoms with Crippen LogP contribution >= 0.6 is 0 Å². The van der Waals surface area contributed by atoms with Crippen LogP contribution in [0.2, 0.25) is 0 Å². The first-order valence-corrected chi connectivity index (χ1v) is 6.47. The number of hydroxylamine groups is 1. The summed E-state index contributed by atoms with van der Waals surface area (Å²) >= 11 is 0. The van der Waals surface area contributed by atoms with Gasteiger partial charge in [-0.3, -0.25) is 0 Å². The Morgan fingerprint density at radius 1 is 1.10 bits per heavy atom. The zero-order chi connectivity index (χ0) is 15.2. The molecular weight excluding hydrogens is 268 g/mol. The summed E-state index contributed by atoms with van der Waals surface area (Å²) in [5.41, 5.74) is 7.42. The van der Waals surface area contributed by atoms with E-state index in [1.165, 1.54) is 0 Å². The van der Waals surface area contributed by atoms with Gasteiger partial charge in [-0.15, -0.1) is 5.06 Å². The molecule has 0 aliphatic rings. The number of primary amides is 1. The molecule has 2 amide bonds. The fourth-order valence-corrected chi connectivity index (χ4v) is 1.88. The molecule has 2 aromatic carbocycles. The Morgan fingerprint density at radius 2 is 1.81 bits per heavy atom. The zero-order valence-corrected chi connectivity index (χ0v) is 11.7. The highest BCUT2D eigenvalue weighted by atomic mass is 16.7. The van der Waals surface area contributed by atoms with Crippen molar-refractivity contribution in [2.75, 3.05) is 5.06 Å². The van der Waals surface area contributed by atoms with Crippen LogP contribution in [0.4, 0.5) is 10.5 Å². The highest BCUT2D eigenvalue weighted by Gasteiger charge is 2.18. The van der Waals surface area contributed by atoms with Gasteiger partial charge >= 0.3 is 12.0 Å². The number of anilines is 1.